The Bertz CT molecular complexity index is 368. The molecular weight excluding hydrogens is 208 g/mol. The lowest BCUT2D eigenvalue weighted by Crippen LogP contribution is -2.20. The number of hydrogen-bond acceptors (Lipinski definition) is 1. The van der Waals surface area contributed by atoms with Gasteiger partial charge in [0.05, 0.1) is 0 Å². The third kappa shape index (κ3) is 3.02. The van der Waals surface area contributed by atoms with Crippen molar-refractivity contribution in [3.63, 3.8) is 0 Å². The standard InChI is InChI=1S/C16H26O/c1-8-12-13(15(2,3)4)9-11(17)10-14(12)16(5,6)7/h9-10,17H,8H2,1-7H3. The quantitative estimate of drug-likeness (QED) is 0.756. The van der Waals surface area contributed by atoms with Crippen molar-refractivity contribution in [2.75, 3.05) is 0 Å². The molecule has 0 aromatic heterocycles. The molecule has 0 aliphatic heterocycles. The molecule has 1 aromatic carbocycles. The van der Waals surface area contributed by atoms with Gasteiger partial charge in [-0.2, -0.15) is 0 Å². The largest absolute Gasteiger partial charge is 0.508 e. The number of phenolic OH excluding ortho intramolecular Hbond substituents is 1. The number of benzene rings is 1. The van der Waals surface area contributed by atoms with Crippen molar-refractivity contribution in [1.82, 2.24) is 0 Å². The first-order valence-electron chi connectivity index (χ1n) is 6.44. The first kappa shape index (κ1) is 14.1. The monoisotopic (exact) mass is 234 g/mol. The molecule has 1 rings (SSSR count). The Morgan fingerprint density at radius 2 is 1.24 bits per heavy atom. The molecule has 1 nitrogen and oxygen atoms in total. The number of aromatic hydroxyl groups is 1. The zero-order valence-electron chi connectivity index (χ0n) is 12.3. The van der Waals surface area contributed by atoms with Crippen LogP contribution < -0.4 is 0 Å². The van der Waals surface area contributed by atoms with Crippen molar-refractivity contribution < 1.29 is 5.11 Å². The minimum absolute atomic E-state index is 0.0735. The molecule has 0 unspecified atom stereocenters. The van der Waals surface area contributed by atoms with Crippen LogP contribution in [0.3, 0.4) is 0 Å². The van der Waals surface area contributed by atoms with Crippen LogP contribution in [0.1, 0.15) is 65.2 Å². The third-order valence-electron chi connectivity index (χ3n) is 3.20. The van der Waals surface area contributed by atoms with Crippen LogP contribution in [0.4, 0.5) is 0 Å². The van der Waals surface area contributed by atoms with Gasteiger partial charge in [0.1, 0.15) is 5.75 Å². The third-order valence-corrected chi connectivity index (χ3v) is 3.20. The minimum atomic E-state index is 0.0735. The minimum Gasteiger partial charge on any atom is -0.508 e. The van der Waals surface area contributed by atoms with Crippen LogP contribution in [-0.4, -0.2) is 5.11 Å². The Balaban J connectivity index is 3.58. The molecule has 0 saturated carbocycles. The Hall–Kier alpha value is -0.980. The summed E-state index contributed by atoms with van der Waals surface area (Å²) in [6.45, 7) is 15.4. The fraction of sp³-hybridized carbons (Fsp3) is 0.625. The van der Waals surface area contributed by atoms with Crippen LogP contribution in [0.25, 0.3) is 0 Å². The van der Waals surface area contributed by atoms with Crippen molar-refractivity contribution in [2.24, 2.45) is 0 Å². The van der Waals surface area contributed by atoms with Gasteiger partial charge < -0.3 is 5.11 Å². The summed E-state index contributed by atoms with van der Waals surface area (Å²) in [5.41, 5.74) is 4.08. The summed E-state index contributed by atoms with van der Waals surface area (Å²) >= 11 is 0. The zero-order chi connectivity index (χ0) is 13.4. The summed E-state index contributed by atoms with van der Waals surface area (Å²) in [5, 5.41) is 9.94. The summed E-state index contributed by atoms with van der Waals surface area (Å²) in [6.07, 6.45) is 1.01. The van der Waals surface area contributed by atoms with Gasteiger partial charge in [-0.25, -0.2) is 0 Å². The Labute approximate surface area is 106 Å². The molecule has 0 radical (unpaired) electrons. The van der Waals surface area contributed by atoms with Crippen LogP contribution in [-0.2, 0) is 17.3 Å². The van der Waals surface area contributed by atoms with Crippen LogP contribution in [0.2, 0.25) is 0 Å². The SMILES string of the molecule is CCc1c(C(C)(C)C)cc(O)cc1C(C)(C)C. The molecule has 0 heterocycles. The normalized spacial score (nSPS) is 12.9. The highest BCUT2D eigenvalue weighted by Crippen LogP contribution is 2.37. The second-order valence-electron chi connectivity index (χ2n) is 6.87. The second-order valence-corrected chi connectivity index (χ2v) is 6.87. The van der Waals surface area contributed by atoms with E-state index in [-0.39, 0.29) is 10.8 Å². The lowest BCUT2D eigenvalue weighted by Gasteiger charge is -2.30. The molecule has 0 bridgehead atoms. The molecule has 0 fully saturated rings. The predicted molar refractivity (Wildman–Crippen MR) is 74.9 cm³/mol. The molecule has 0 spiro atoms. The van der Waals surface area contributed by atoms with Crippen LogP contribution in [0.5, 0.6) is 5.75 Å². The van der Waals surface area contributed by atoms with E-state index in [1.54, 1.807) is 0 Å². The maximum Gasteiger partial charge on any atom is 0.116 e. The highest BCUT2D eigenvalue weighted by atomic mass is 16.3. The summed E-state index contributed by atoms with van der Waals surface area (Å²) in [5.74, 6) is 0.386. The van der Waals surface area contributed by atoms with Gasteiger partial charge in [0.15, 0.2) is 0 Å². The molecule has 0 aliphatic carbocycles. The van der Waals surface area contributed by atoms with Crippen LogP contribution in [0.15, 0.2) is 12.1 Å². The summed E-state index contributed by atoms with van der Waals surface area (Å²) in [6, 6.07) is 3.85. The number of hydrogen-bond donors (Lipinski definition) is 1. The number of phenols is 1. The summed E-state index contributed by atoms with van der Waals surface area (Å²) < 4.78 is 0. The average Bonchev–Trinajstić information content (AvgIpc) is 2.13. The highest BCUT2D eigenvalue weighted by molar-refractivity contribution is 5.47. The van der Waals surface area contributed by atoms with Gasteiger partial charge in [-0.15, -0.1) is 0 Å². The molecule has 0 amide bonds. The van der Waals surface area contributed by atoms with E-state index in [9.17, 15) is 5.11 Å². The van der Waals surface area contributed by atoms with Crippen molar-refractivity contribution in [2.45, 2.75) is 65.7 Å². The zero-order valence-corrected chi connectivity index (χ0v) is 12.3. The lowest BCUT2D eigenvalue weighted by molar-refractivity contribution is 0.464. The maximum absolute atomic E-state index is 9.94. The molecule has 0 atom stereocenters. The van der Waals surface area contributed by atoms with Crippen LogP contribution in [0, 0.1) is 0 Å². The van der Waals surface area contributed by atoms with E-state index in [0.717, 1.165) is 6.42 Å². The maximum atomic E-state index is 9.94. The molecule has 1 aromatic rings. The van der Waals surface area contributed by atoms with E-state index in [1.807, 2.05) is 12.1 Å². The molecule has 1 heteroatoms. The van der Waals surface area contributed by atoms with Gasteiger partial charge in [-0.05, 0) is 46.1 Å². The average molecular weight is 234 g/mol. The molecule has 0 aliphatic rings. The first-order valence-corrected chi connectivity index (χ1v) is 6.44. The molecule has 17 heavy (non-hydrogen) atoms. The second kappa shape index (κ2) is 4.36. The summed E-state index contributed by atoms with van der Waals surface area (Å²) in [4.78, 5) is 0. The van der Waals surface area contributed by atoms with Gasteiger partial charge in [-0.1, -0.05) is 48.5 Å². The van der Waals surface area contributed by atoms with E-state index in [0.29, 0.717) is 5.75 Å². The molecule has 1 N–H and O–H groups in total. The van der Waals surface area contributed by atoms with Gasteiger partial charge in [-0.3, -0.25) is 0 Å². The van der Waals surface area contributed by atoms with E-state index in [1.165, 1.54) is 16.7 Å². The predicted octanol–water partition coefficient (Wildman–Crippen LogP) is 4.55. The van der Waals surface area contributed by atoms with Gasteiger partial charge in [0.25, 0.3) is 0 Å². The van der Waals surface area contributed by atoms with E-state index in [2.05, 4.69) is 48.5 Å². The fourth-order valence-corrected chi connectivity index (χ4v) is 2.38. The summed E-state index contributed by atoms with van der Waals surface area (Å²) in [7, 11) is 0. The van der Waals surface area contributed by atoms with Crippen molar-refractivity contribution in [3.8, 4) is 5.75 Å². The molecule has 0 saturated heterocycles. The van der Waals surface area contributed by atoms with Gasteiger partial charge in [0.2, 0.25) is 0 Å². The Morgan fingerprint density at radius 1 is 0.882 bits per heavy atom. The Morgan fingerprint density at radius 3 is 1.47 bits per heavy atom. The van der Waals surface area contributed by atoms with E-state index < -0.39 is 0 Å². The fourth-order valence-electron chi connectivity index (χ4n) is 2.38. The van der Waals surface area contributed by atoms with Crippen molar-refractivity contribution >= 4 is 0 Å². The molecular formula is C16H26O. The van der Waals surface area contributed by atoms with Crippen molar-refractivity contribution in [1.29, 1.82) is 0 Å². The van der Waals surface area contributed by atoms with Gasteiger partial charge >= 0.3 is 0 Å². The Kier molecular flexibility index (Phi) is 3.61. The van der Waals surface area contributed by atoms with Gasteiger partial charge in [0, 0.05) is 0 Å². The first-order chi connectivity index (χ1) is 7.57. The number of rotatable bonds is 1. The smallest absolute Gasteiger partial charge is 0.116 e. The topological polar surface area (TPSA) is 20.2 Å². The highest BCUT2D eigenvalue weighted by Gasteiger charge is 2.25. The molecule has 96 valence electrons. The van der Waals surface area contributed by atoms with Crippen LogP contribution >= 0.6 is 0 Å². The van der Waals surface area contributed by atoms with E-state index in [4.69, 9.17) is 0 Å². The van der Waals surface area contributed by atoms with E-state index >= 15 is 0 Å². The van der Waals surface area contributed by atoms with Crippen molar-refractivity contribution in [3.05, 3.63) is 28.8 Å². The lowest BCUT2D eigenvalue weighted by atomic mass is 9.75.